The largest absolute Gasteiger partial charge is 0.395 e. The molecule has 0 unspecified atom stereocenters. The van der Waals surface area contributed by atoms with E-state index in [1.807, 2.05) is 0 Å². The zero-order valence-corrected chi connectivity index (χ0v) is 13.1. The van der Waals surface area contributed by atoms with Crippen molar-refractivity contribution in [2.24, 2.45) is 0 Å². The normalized spacial score (nSPS) is 11.1. The summed E-state index contributed by atoms with van der Waals surface area (Å²) < 4.78 is 40.5. The van der Waals surface area contributed by atoms with Gasteiger partial charge in [0.2, 0.25) is 0 Å². The molecule has 10 heteroatoms. The minimum Gasteiger partial charge on any atom is -0.395 e. The van der Waals surface area contributed by atoms with Gasteiger partial charge in [-0.05, 0) is 18.2 Å². The molecule has 0 heterocycles. The van der Waals surface area contributed by atoms with Gasteiger partial charge in [0.15, 0.2) is 0 Å². The Hall–Kier alpha value is -2.72. The molecule has 8 nitrogen and oxygen atoms in total. The molecular formula is C14H14FN3O5S. The molecule has 0 aliphatic carbocycles. The third-order valence-electron chi connectivity index (χ3n) is 3.01. The molecule has 0 bridgehead atoms. The first-order valence-electron chi connectivity index (χ1n) is 6.75. The lowest BCUT2D eigenvalue weighted by Crippen LogP contribution is -2.16. The highest BCUT2D eigenvalue weighted by molar-refractivity contribution is 7.92. The van der Waals surface area contributed by atoms with Crippen LogP contribution >= 0.6 is 0 Å². The summed E-state index contributed by atoms with van der Waals surface area (Å²) in [7, 11) is -4.28. The van der Waals surface area contributed by atoms with Gasteiger partial charge >= 0.3 is 0 Å². The molecule has 2 aromatic carbocycles. The van der Waals surface area contributed by atoms with Crippen molar-refractivity contribution in [3.05, 3.63) is 58.4 Å². The van der Waals surface area contributed by atoms with Gasteiger partial charge in [-0.1, -0.05) is 12.1 Å². The molecule has 0 fully saturated rings. The summed E-state index contributed by atoms with van der Waals surface area (Å²) in [6.45, 7) is -0.122. The van der Waals surface area contributed by atoms with Crippen molar-refractivity contribution in [2.45, 2.75) is 4.90 Å². The van der Waals surface area contributed by atoms with Gasteiger partial charge in [-0.2, -0.15) is 0 Å². The second-order valence-corrected chi connectivity index (χ2v) is 6.32. The van der Waals surface area contributed by atoms with Crippen molar-refractivity contribution in [3.63, 3.8) is 0 Å². The Bertz CT molecular complexity index is 857. The summed E-state index contributed by atoms with van der Waals surface area (Å²) in [5.41, 5.74) is -0.244. The van der Waals surface area contributed by atoms with Crippen LogP contribution in [0, 0.1) is 15.9 Å². The summed E-state index contributed by atoms with van der Waals surface area (Å²) in [4.78, 5) is 9.61. The molecule has 0 saturated carbocycles. The van der Waals surface area contributed by atoms with Gasteiger partial charge in [0.25, 0.3) is 15.7 Å². The number of nitro groups is 1. The number of hydrogen-bond donors (Lipinski definition) is 3. The standard InChI is InChI=1S/C14H14FN3O5S/c15-11-3-1-2-4-14(11)24(22,23)17-13-9-10(18(20)21)5-6-12(13)16-7-8-19/h1-6,9,16-17,19H,7-8H2. The van der Waals surface area contributed by atoms with E-state index in [1.54, 1.807) is 0 Å². The topological polar surface area (TPSA) is 122 Å². The number of aliphatic hydroxyl groups is 1. The van der Waals surface area contributed by atoms with Gasteiger partial charge in [-0.25, -0.2) is 12.8 Å². The SMILES string of the molecule is O=[N+]([O-])c1ccc(NCCO)c(NS(=O)(=O)c2ccccc2F)c1. The monoisotopic (exact) mass is 355 g/mol. The lowest BCUT2D eigenvalue weighted by atomic mass is 10.2. The van der Waals surface area contributed by atoms with E-state index in [0.29, 0.717) is 0 Å². The molecule has 24 heavy (non-hydrogen) atoms. The van der Waals surface area contributed by atoms with E-state index in [0.717, 1.165) is 18.2 Å². The fourth-order valence-corrected chi connectivity index (χ4v) is 3.09. The van der Waals surface area contributed by atoms with Crippen LogP contribution in [0.4, 0.5) is 21.5 Å². The first-order chi connectivity index (χ1) is 11.3. The van der Waals surface area contributed by atoms with Crippen LogP contribution in [0.2, 0.25) is 0 Å². The summed E-state index contributed by atoms with van der Waals surface area (Å²) in [6.07, 6.45) is 0. The van der Waals surface area contributed by atoms with Gasteiger partial charge in [-0.3, -0.25) is 14.8 Å². The van der Waals surface area contributed by atoms with Crippen molar-refractivity contribution in [3.8, 4) is 0 Å². The Morgan fingerprint density at radius 3 is 2.50 bits per heavy atom. The zero-order valence-electron chi connectivity index (χ0n) is 12.3. The number of hydrogen-bond acceptors (Lipinski definition) is 6. The van der Waals surface area contributed by atoms with Crippen LogP contribution in [0.25, 0.3) is 0 Å². The lowest BCUT2D eigenvalue weighted by molar-refractivity contribution is -0.384. The second kappa shape index (κ2) is 7.23. The summed E-state index contributed by atoms with van der Waals surface area (Å²) in [5, 5.41) is 22.4. The number of nitro benzene ring substituents is 1. The number of aliphatic hydroxyl groups excluding tert-OH is 1. The van der Waals surface area contributed by atoms with Gasteiger partial charge in [0.1, 0.15) is 10.7 Å². The van der Waals surface area contributed by atoms with Gasteiger partial charge < -0.3 is 10.4 Å². The van der Waals surface area contributed by atoms with Crippen LogP contribution in [0.3, 0.4) is 0 Å². The van der Waals surface area contributed by atoms with E-state index in [4.69, 9.17) is 5.11 Å². The predicted octanol–water partition coefficient (Wildman–Crippen LogP) is 1.94. The van der Waals surface area contributed by atoms with Crippen LogP contribution < -0.4 is 10.0 Å². The third kappa shape index (κ3) is 3.97. The highest BCUT2D eigenvalue weighted by Crippen LogP contribution is 2.29. The summed E-state index contributed by atoms with van der Waals surface area (Å²) >= 11 is 0. The second-order valence-electron chi connectivity index (χ2n) is 4.67. The molecule has 2 rings (SSSR count). The number of benzene rings is 2. The Labute approximate surface area is 137 Å². The molecule has 2 aromatic rings. The quantitative estimate of drug-likeness (QED) is 0.515. The van der Waals surface area contributed by atoms with Crippen LogP contribution in [0.15, 0.2) is 47.4 Å². The molecule has 0 saturated heterocycles. The number of sulfonamides is 1. The van der Waals surface area contributed by atoms with Crippen molar-refractivity contribution < 1.29 is 22.8 Å². The Kier molecular flexibility index (Phi) is 5.31. The first-order valence-corrected chi connectivity index (χ1v) is 8.24. The smallest absolute Gasteiger partial charge is 0.271 e. The maximum Gasteiger partial charge on any atom is 0.271 e. The molecule has 0 amide bonds. The van der Waals surface area contributed by atoms with Crippen LogP contribution in [0.5, 0.6) is 0 Å². The van der Waals surface area contributed by atoms with Crippen LogP contribution in [-0.4, -0.2) is 31.6 Å². The minimum absolute atomic E-state index is 0.103. The van der Waals surface area contributed by atoms with Crippen molar-refractivity contribution in [1.29, 1.82) is 0 Å². The molecule has 0 aliphatic heterocycles. The van der Waals surface area contributed by atoms with E-state index in [1.165, 1.54) is 24.3 Å². The molecule has 0 aliphatic rings. The number of halogens is 1. The average molecular weight is 355 g/mol. The number of rotatable bonds is 7. The summed E-state index contributed by atoms with van der Waals surface area (Å²) in [6, 6.07) is 8.26. The molecular weight excluding hydrogens is 341 g/mol. The Morgan fingerprint density at radius 2 is 1.88 bits per heavy atom. The lowest BCUT2D eigenvalue weighted by Gasteiger charge is -2.14. The minimum atomic E-state index is -4.28. The fourth-order valence-electron chi connectivity index (χ4n) is 1.94. The van der Waals surface area contributed by atoms with Gasteiger partial charge in [0.05, 0.1) is 22.9 Å². The van der Waals surface area contributed by atoms with Crippen molar-refractivity contribution >= 4 is 27.1 Å². The van der Waals surface area contributed by atoms with E-state index in [2.05, 4.69) is 10.0 Å². The van der Waals surface area contributed by atoms with E-state index < -0.39 is 25.7 Å². The molecule has 0 aromatic heterocycles. The predicted molar refractivity (Wildman–Crippen MR) is 85.9 cm³/mol. The highest BCUT2D eigenvalue weighted by Gasteiger charge is 2.21. The van der Waals surface area contributed by atoms with E-state index in [-0.39, 0.29) is 30.2 Å². The first kappa shape index (κ1) is 17.6. The number of anilines is 2. The molecule has 3 N–H and O–H groups in total. The summed E-state index contributed by atoms with van der Waals surface area (Å²) in [5.74, 6) is -0.944. The molecule has 0 radical (unpaired) electrons. The van der Waals surface area contributed by atoms with Crippen LogP contribution in [-0.2, 0) is 10.0 Å². The maximum absolute atomic E-state index is 13.7. The van der Waals surface area contributed by atoms with Crippen molar-refractivity contribution in [2.75, 3.05) is 23.2 Å². The van der Waals surface area contributed by atoms with Gasteiger partial charge in [-0.15, -0.1) is 0 Å². The van der Waals surface area contributed by atoms with Crippen molar-refractivity contribution in [1.82, 2.24) is 0 Å². The third-order valence-corrected chi connectivity index (χ3v) is 4.41. The molecule has 128 valence electrons. The fraction of sp³-hybridized carbons (Fsp3) is 0.143. The Morgan fingerprint density at radius 1 is 1.17 bits per heavy atom. The zero-order chi connectivity index (χ0) is 17.7. The maximum atomic E-state index is 13.7. The average Bonchev–Trinajstić information content (AvgIpc) is 2.53. The van der Waals surface area contributed by atoms with E-state index in [9.17, 15) is 22.9 Å². The van der Waals surface area contributed by atoms with Crippen LogP contribution in [0.1, 0.15) is 0 Å². The molecule has 0 atom stereocenters. The number of nitrogens with zero attached hydrogens (tertiary/aromatic N) is 1. The Balaban J connectivity index is 2.44. The number of non-ortho nitro benzene ring substituents is 1. The van der Waals surface area contributed by atoms with Gasteiger partial charge in [0, 0.05) is 18.7 Å². The highest BCUT2D eigenvalue weighted by atomic mass is 32.2. The number of nitrogens with one attached hydrogen (secondary N) is 2. The molecule has 0 spiro atoms. The van der Waals surface area contributed by atoms with E-state index >= 15 is 0 Å².